The molecule has 27 heavy (non-hydrogen) atoms. The van der Waals surface area contributed by atoms with Crippen LogP contribution in [0, 0.1) is 5.92 Å². The second-order valence-electron chi connectivity index (χ2n) is 7.79. The number of amides is 2. The van der Waals surface area contributed by atoms with E-state index >= 15 is 0 Å². The Morgan fingerprint density at radius 2 is 1.70 bits per heavy atom. The second kappa shape index (κ2) is 7.19. The third kappa shape index (κ3) is 3.33. The van der Waals surface area contributed by atoms with Crippen LogP contribution in [-0.2, 0) is 4.79 Å². The lowest BCUT2D eigenvalue weighted by Gasteiger charge is -2.44. The van der Waals surface area contributed by atoms with Crippen molar-refractivity contribution in [1.82, 2.24) is 9.80 Å². The maximum Gasteiger partial charge on any atom is 0.253 e. The molecular formula is C22H26N2O2S. The molecule has 0 N–H and O–H groups in total. The van der Waals surface area contributed by atoms with Gasteiger partial charge in [-0.05, 0) is 35.7 Å². The maximum absolute atomic E-state index is 13.0. The topological polar surface area (TPSA) is 40.6 Å². The van der Waals surface area contributed by atoms with Crippen molar-refractivity contribution >= 4 is 34.3 Å². The molecule has 2 amide bonds. The van der Waals surface area contributed by atoms with Crippen molar-refractivity contribution in [3.63, 3.8) is 0 Å². The molecule has 0 bridgehead atoms. The highest BCUT2D eigenvalue weighted by atomic mass is 32.2. The Morgan fingerprint density at radius 1 is 1.00 bits per heavy atom. The van der Waals surface area contributed by atoms with Gasteiger partial charge in [0.1, 0.15) is 0 Å². The second-order valence-corrected chi connectivity index (χ2v) is 9.25. The summed E-state index contributed by atoms with van der Waals surface area (Å²) in [7, 11) is 0. The van der Waals surface area contributed by atoms with Crippen LogP contribution < -0.4 is 0 Å². The first-order valence-corrected chi connectivity index (χ1v) is 10.7. The standard InChI is InChI=1S/C22H26N2O2S/c1-16(2)20(25)24-13-14-27-22(24)9-11-23(12-10-22)21(26)19-8-7-17-5-3-4-6-18(17)15-19/h3-8,15-16H,9-14H2,1-2H3. The summed E-state index contributed by atoms with van der Waals surface area (Å²) in [5.41, 5.74) is 0.749. The van der Waals surface area contributed by atoms with Gasteiger partial charge in [0.15, 0.2) is 0 Å². The summed E-state index contributed by atoms with van der Waals surface area (Å²) in [6.07, 6.45) is 1.71. The fourth-order valence-electron chi connectivity index (χ4n) is 4.21. The van der Waals surface area contributed by atoms with Gasteiger partial charge in [0.05, 0.1) is 4.87 Å². The summed E-state index contributed by atoms with van der Waals surface area (Å²) >= 11 is 1.90. The predicted octanol–water partition coefficient (Wildman–Crippen LogP) is 4.00. The molecule has 142 valence electrons. The minimum atomic E-state index is -0.110. The maximum atomic E-state index is 13.0. The SMILES string of the molecule is CC(C)C(=O)N1CCSC12CCN(C(=O)c1ccc3ccccc3c1)CC2. The molecule has 5 heteroatoms. The average Bonchev–Trinajstić information content (AvgIpc) is 3.09. The molecule has 0 unspecified atom stereocenters. The number of likely N-dealkylation sites (tertiary alicyclic amines) is 1. The smallest absolute Gasteiger partial charge is 0.253 e. The Bertz CT molecular complexity index is 871. The van der Waals surface area contributed by atoms with Crippen molar-refractivity contribution in [1.29, 1.82) is 0 Å². The van der Waals surface area contributed by atoms with Crippen molar-refractivity contribution in [3.8, 4) is 0 Å². The number of hydrogen-bond donors (Lipinski definition) is 0. The van der Waals surface area contributed by atoms with E-state index in [9.17, 15) is 9.59 Å². The van der Waals surface area contributed by atoms with E-state index < -0.39 is 0 Å². The highest BCUT2D eigenvalue weighted by Gasteiger charge is 2.47. The highest BCUT2D eigenvalue weighted by molar-refractivity contribution is 8.00. The molecule has 0 aromatic heterocycles. The van der Waals surface area contributed by atoms with Gasteiger partial charge in [-0.25, -0.2) is 0 Å². The van der Waals surface area contributed by atoms with Crippen LogP contribution in [0.25, 0.3) is 10.8 Å². The number of fused-ring (bicyclic) bond motifs is 1. The van der Waals surface area contributed by atoms with Gasteiger partial charge in [-0.3, -0.25) is 9.59 Å². The Kier molecular flexibility index (Phi) is 4.89. The fraction of sp³-hybridized carbons (Fsp3) is 0.455. The number of thioether (sulfide) groups is 1. The first-order chi connectivity index (χ1) is 13.0. The van der Waals surface area contributed by atoms with Gasteiger partial charge in [-0.1, -0.05) is 44.2 Å². The van der Waals surface area contributed by atoms with E-state index in [4.69, 9.17) is 0 Å². The van der Waals surface area contributed by atoms with Gasteiger partial charge in [0, 0.05) is 36.9 Å². The van der Waals surface area contributed by atoms with Gasteiger partial charge < -0.3 is 9.80 Å². The van der Waals surface area contributed by atoms with Crippen LogP contribution in [0.4, 0.5) is 0 Å². The molecule has 1 spiro atoms. The van der Waals surface area contributed by atoms with Gasteiger partial charge in [-0.2, -0.15) is 0 Å². The van der Waals surface area contributed by atoms with Crippen molar-refractivity contribution in [2.75, 3.05) is 25.4 Å². The molecule has 4 nitrogen and oxygen atoms in total. The van der Waals surface area contributed by atoms with Crippen molar-refractivity contribution in [3.05, 3.63) is 48.0 Å². The number of hydrogen-bond acceptors (Lipinski definition) is 3. The van der Waals surface area contributed by atoms with E-state index in [0.717, 1.165) is 41.5 Å². The van der Waals surface area contributed by atoms with Crippen LogP contribution in [0.3, 0.4) is 0 Å². The summed E-state index contributed by atoms with van der Waals surface area (Å²) in [5, 5.41) is 2.24. The number of benzene rings is 2. The third-order valence-electron chi connectivity index (χ3n) is 5.77. The van der Waals surface area contributed by atoms with Gasteiger partial charge >= 0.3 is 0 Å². The number of piperidine rings is 1. The normalized spacial score (nSPS) is 19.2. The zero-order valence-electron chi connectivity index (χ0n) is 16.0. The number of rotatable bonds is 2. The van der Waals surface area contributed by atoms with Crippen LogP contribution in [0.15, 0.2) is 42.5 Å². The molecule has 2 aliphatic heterocycles. The number of carbonyl (C=O) groups is 2. The highest BCUT2D eigenvalue weighted by Crippen LogP contribution is 2.44. The van der Waals surface area contributed by atoms with E-state index in [0.29, 0.717) is 13.1 Å². The molecule has 4 rings (SSSR count). The lowest BCUT2D eigenvalue weighted by molar-refractivity contribution is -0.137. The lowest BCUT2D eigenvalue weighted by Crippen LogP contribution is -2.54. The fourth-order valence-corrected chi connectivity index (χ4v) is 5.67. The predicted molar refractivity (Wildman–Crippen MR) is 111 cm³/mol. The first kappa shape index (κ1) is 18.4. The molecular weight excluding hydrogens is 356 g/mol. The summed E-state index contributed by atoms with van der Waals surface area (Å²) in [6, 6.07) is 14.0. The molecule has 2 aliphatic rings. The number of carbonyl (C=O) groups excluding carboxylic acids is 2. The lowest BCUT2D eigenvalue weighted by atomic mass is 9.99. The Labute approximate surface area is 164 Å². The summed E-state index contributed by atoms with van der Waals surface area (Å²) in [6.45, 7) is 6.19. The van der Waals surface area contributed by atoms with E-state index in [-0.39, 0.29) is 22.6 Å². The molecule has 2 aromatic carbocycles. The number of nitrogens with zero attached hydrogens (tertiary/aromatic N) is 2. The van der Waals surface area contributed by atoms with E-state index in [1.165, 1.54) is 0 Å². The van der Waals surface area contributed by atoms with E-state index in [2.05, 4.69) is 11.0 Å². The zero-order valence-corrected chi connectivity index (χ0v) is 16.8. The van der Waals surface area contributed by atoms with Crippen molar-refractivity contribution in [2.45, 2.75) is 31.6 Å². The summed E-state index contributed by atoms with van der Waals surface area (Å²) < 4.78 is 0. The van der Waals surface area contributed by atoms with Crippen LogP contribution in [0.2, 0.25) is 0 Å². The van der Waals surface area contributed by atoms with Crippen molar-refractivity contribution in [2.24, 2.45) is 5.92 Å². The molecule has 0 saturated carbocycles. The minimum absolute atomic E-state index is 0.0258. The molecule has 0 radical (unpaired) electrons. The molecule has 0 atom stereocenters. The largest absolute Gasteiger partial charge is 0.338 e. The molecule has 2 saturated heterocycles. The molecule has 2 aromatic rings. The van der Waals surface area contributed by atoms with Crippen LogP contribution in [0.1, 0.15) is 37.0 Å². The summed E-state index contributed by atoms with van der Waals surface area (Å²) in [4.78, 5) is 29.5. The van der Waals surface area contributed by atoms with Gasteiger partial charge in [0.25, 0.3) is 5.91 Å². The quantitative estimate of drug-likeness (QED) is 0.788. The average molecular weight is 383 g/mol. The third-order valence-corrected chi connectivity index (χ3v) is 7.32. The molecule has 2 heterocycles. The van der Waals surface area contributed by atoms with Gasteiger partial charge in [-0.15, -0.1) is 11.8 Å². The molecule has 0 aliphatic carbocycles. The monoisotopic (exact) mass is 382 g/mol. The van der Waals surface area contributed by atoms with Gasteiger partial charge in [0.2, 0.25) is 5.91 Å². The Hall–Kier alpha value is -2.01. The van der Waals surface area contributed by atoms with Crippen molar-refractivity contribution < 1.29 is 9.59 Å². The first-order valence-electron chi connectivity index (χ1n) is 9.74. The van der Waals surface area contributed by atoms with Crippen LogP contribution in [0.5, 0.6) is 0 Å². The van der Waals surface area contributed by atoms with Crippen LogP contribution >= 0.6 is 11.8 Å². The summed E-state index contributed by atoms with van der Waals surface area (Å²) in [5.74, 6) is 1.37. The van der Waals surface area contributed by atoms with E-state index in [1.54, 1.807) is 0 Å². The van der Waals surface area contributed by atoms with E-state index in [1.807, 2.05) is 66.9 Å². The minimum Gasteiger partial charge on any atom is -0.338 e. The Morgan fingerprint density at radius 3 is 2.41 bits per heavy atom. The Balaban J connectivity index is 1.48. The molecule has 2 fully saturated rings. The zero-order chi connectivity index (χ0) is 19.0. The van der Waals surface area contributed by atoms with Crippen LogP contribution in [-0.4, -0.2) is 51.9 Å².